The molecule has 1 fully saturated rings. The monoisotopic (exact) mass is 350 g/mol. The van der Waals surface area contributed by atoms with E-state index in [-0.39, 0.29) is 28.3 Å². The lowest BCUT2D eigenvalue weighted by molar-refractivity contribution is -0.124. The molecule has 1 aromatic carbocycles. The molecular formula is C13H16Cl2N2O3S. The van der Waals surface area contributed by atoms with E-state index >= 15 is 0 Å². The van der Waals surface area contributed by atoms with Crippen molar-refractivity contribution in [3.05, 3.63) is 28.2 Å². The summed E-state index contributed by atoms with van der Waals surface area (Å²) < 4.78 is 26.4. The molecular weight excluding hydrogens is 335 g/mol. The molecule has 1 saturated heterocycles. The summed E-state index contributed by atoms with van der Waals surface area (Å²) in [6, 6.07) is 4.27. The van der Waals surface area contributed by atoms with Gasteiger partial charge in [-0.25, -0.2) is 8.42 Å². The maximum absolute atomic E-state index is 12.6. The number of benzene rings is 1. The molecule has 5 nitrogen and oxygen atoms in total. The molecule has 0 saturated carbocycles. The van der Waals surface area contributed by atoms with E-state index < -0.39 is 10.0 Å². The van der Waals surface area contributed by atoms with Crippen LogP contribution in [0.4, 0.5) is 0 Å². The quantitative estimate of drug-likeness (QED) is 0.904. The fourth-order valence-electron chi connectivity index (χ4n) is 2.30. The summed E-state index contributed by atoms with van der Waals surface area (Å²) in [7, 11) is -3.70. The Balaban J connectivity index is 2.20. The normalized spacial score (nSPS) is 19.7. The van der Waals surface area contributed by atoms with E-state index in [0.29, 0.717) is 24.5 Å². The van der Waals surface area contributed by atoms with Gasteiger partial charge in [-0.3, -0.25) is 4.79 Å². The summed E-state index contributed by atoms with van der Waals surface area (Å²) in [5.74, 6) is -0.428. The van der Waals surface area contributed by atoms with Gasteiger partial charge in [0.25, 0.3) is 0 Å². The molecule has 0 spiro atoms. The van der Waals surface area contributed by atoms with Gasteiger partial charge in [-0.1, -0.05) is 23.2 Å². The number of nitrogens with one attached hydrogen (secondary N) is 1. The molecule has 1 N–H and O–H groups in total. The lowest BCUT2D eigenvalue weighted by Gasteiger charge is -2.17. The van der Waals surface area contributed by atoms with E-state index in [0.717, 1.165) is 0 Å². The highest BCUT2D eigenvalue weighted by molar-refractivity contribution is 7.89. The van der Waals surface area contributed by atoms with E-state index in [9.17, 15) is 13.2 Å². The van der Waals surface area contributed by atoms with Gasteiger partial charge in [0.05, 0.1) is 10.9 Å². The number of nitrogens with zero attached hydrogens (tertiary/aromatic N) is 1. The van der Waals surface area contributed by atoms with Crippen LogP contribution in [0.25, 0.3) is 0 Å². The fourth-order valence-corrected chi connectivity index (χ4v) is 4.55. The van der Waals surface area contributed by atoms with Crippen molar-refractivity contribution < 1.29 is 13.2 Å². The van der Waals surface area contributed by atoms with Crippen LogP contribution < -0.4 is 5.32 Å². The molecule has 1 atom stereocenters. The number of carbonyl (C=O) groups excluding carboxylic acids is 1. The van der Waals surface area contributed by atoms with Gasteiger partial charge < -0.3 is 5.32 Å². The molecule has 1 aromatic rings. The Morgan fingerprint density at radius 1 is 1.43 bits per heavy atom. The molecule has 0 aromatic heterocycles. The average molecular weight is 351 g/mol. The summed E-state index contributed by atoms with van der Waals surface area (Å²) >= 11 is 11.8. The largest absolute Gasteiger partial charge is 0.356 e. The van der Waals surface area contributed by atoms with Crippen molar-refractivity contribution in [3.63, 3.8) is 0 Å². The van der Waals surface area contributed by atoms with Gasteiger partial charge >= 0.3 is 0 Å². The summed E-state index contributed by atoms with van der Waals surface area (Å²) in [6.07, 6.45) is 0.510. The van der Waals surface area contributed by atoms with Crippen LogP contribution in [0.3, 0.4) is 0 Å². The zero-order valence-corrected chi connectivity index (χ0v) is 13.8. The van der Waals surface area contributed by atoms with E-state index in [2.05, 4.69) is 5.32 Å². The topological polar surface area (TPSA) is 66.5 Å². The van der Waals surface area contributed by atoms with Crippen molar-refractivity contribution >= 4 is 39.1 Å². The Morgan fingerprint density at radius 2 is 2.14 bits per heavy atom. The second-order valence-corrected chi connectivity index (χ2v) is 7.57. The molecule has 8 heteroatoms. The van der Waals surface area contributed by atoms with Crippen molar-refractivity contribution in [2.24, 2.45) is 5.92 Å². The lowest BCUT2D eigenvalue weighted by Crippen LogP contribution is -2.34. The van der Waals surface area contributed by atoms with E-state index in [1.807, 2.05) is 6.92 Å². The second-order valence-electron chi connectivity index (χ2n) is 4.82. The Hall–Kier alpha value is -0.820. The van der Waals surface area contributed by atoms with Crippen LogP contribution in [0, 0.1) is 5.92 Å². The zero-order valence-electron chi connectivity index (χ0n) is 11.5. The SMILES string of the molecule is CCNC(=O)C1CCN(S(=O)(=O)c2ccc(Cl)cc2Cl)C1. The Morgan fingerprint density at radius 3 is 2.76 bits per heavy atom. The van der Waals surface area contributed by atoms with Gasteiger partial charge in [-0.05, 0) is 31.5 Å². The van der Waals surface area contributed by atoms with Crippen molar-refractivity contribution in [2.75, 3.05) is 19.6 Å². The number of hydrogen-bond acceptors (Lipinski definition) is 3. The third kappa shape index (κ3) is 3.51. The van der Waals surface area contributed by atoms with Gasteiger partial charge in [-0.2, -0.15) is 4.31 Å². The summed E-state index contributed by atoms with van der Waals surface area (Å²) in [5, 5.41) is 3.18. The Bertz CT molecular complexity index is 649. The molecule has 21 heavy (non-hydrogen) atoms. The fraction of sp³-hybridized carbons (Fsp3) is 0.462. The third-order valence-corrected chi connectivity index (χ3v) is 5.97. The number of halogens is 2. The van der Waals surface area contributed by atoms with Gasteiger partial charge in [0.2, 0.25) is 15.9 Å². The maximum atomic E-state index is 12.6. The first-order chi connectivity index (χ1) is 9.86. The van der Waals surface area contributed by atoms with E-state index in [1.165, 1.54) is 22.5 Å². The minimum absolute atomic E-state index is 0.0186. The summed E-state index contributed by atoms with van der Waals surface area (Å²) in [4.78, 5) is 11.8. The highest BCUT2D eigenvalue weighted by Gasteiger charge is 2.36. The van der Waals surface area contributed by atoms with Gasteiger partial charge in [0.1, 0.15) is 4.90 Å². The first-order valence-corrected chi connectivity index (χ1v) is 8.78. The smallest absolute Gasteiger partial charge is 0.244 e. The number of rotatable bonds is 4. The van der Waals surface area contributed by atoms with E-state index in [4.69, 9.17) is 23.2 Å². The van der Waals surface area contributed by atoms with Crippen LogP contribution in [0.5, 0.6) is 0 Å². The third-order valence-electron chi connectivity index (χ3n) is 3.38. The predicted octanol–water partition coefficient (Wildman–Crippen LogP) is 2.14. The number of carbonyl (C=O) groups is 1. The highest BCUT2D eigenvalue weighted by Crippen LogP contribution is 2.30. The van der Waals surface area contributed by atoms with Gasteiger partial charge in [0, 0.05) is 24.7 Å². The molecule has 1 heterocycles. The molecule has 1 aliphatic heterocycles. The number of hydrogen-bond donors (Lipinski definition) is 1. The molecule has 1 amide bonds. The standard InChI is InChI=1S/C13H16Cl2N2O3S/c1-2-16-13(18)9-5-6-17(8-9)21(19,20)12-4-3-10(14)7-11(12)15/h3-4,7,9H,2,5-6,8H2,1H3,(H,16,18). The van der Waals surface area contributed by atoms with Crippen LogP contribution in [0.2, 0.25) is 10.0 Å². The summed E-state index contributed by atoms with van der Waals surface area (Å²) in [5.41, 5.74) is 0. The molecule has 0 bridgehead atoms. The molecule has 116 valence electrons. The van der Waals surface area contributed by atoms with Crippen LogP contribution in [-0.2, 0) is 14.8 Å². The first-order valence-electron chi connectivity index (χ1n) is 6.59. The zero-order chi connectivity index (χ0) is 15.6. The number of amides is 1. The highest BCUT2D eigenvalue weighted by atomic mass is 35.5. The van der Waals surface area contributed by atoms with Crippen LogP contribution in [0.15, 0.2) is 23.1 Å². The van der Waals surface area contributed by atoms with Gasteiger partial charge in [0.15, 0.2) is 0 Å². The van der Waals surface area contributed by atoms with Crippen molar-refractivity contribution in [2.45, 2.75) is 18.2 Å². The lowest BCUT2D eigenvalue weighted by atomic mass is 10.1. The number of sulfonamides is 1. The van der Waals surface area contributed by atoms with Crippen molar-refractivity contribution in [1.29, 1.82) is 0 Å². The second kappa shape index (κ2) is 6.52. The van der Waals surface area contributed by atoms with Crippen LogP contribution in [-0.4, -0.2) is 38.3 Å². The molecule has 0 aliphatic carbocycles. The van der Waals surface area contributed by atoms with Crippen molar-refractivity contribution in [3.8, 4) is 0 Å². The minimum atomic E-state index is -3.70. The van der Waals surface area contributed by atoms with Crippen LogP contribution >= 0.6 is 23.2 Å². The molecule has 1 aliphatic rings. The average Bonchev–Trinajstić information content (AvgIpc) is 2.88. The molecule has 0 radical (unpaired) electrons. The molecule has 1 unspecified atom stereocenters. The van der Waals surface area contributed by atoms with Crippen LogP contribution in [0.1, 0.15) is 13.3 Å². The first kappa shape index (κ1) is 16.5. The predicted molar refractivity (Wildman–Crippen MR) is 82.0 cm³/mol. The van der Waals surface area contributed by atoms with Gasteiger partial charge in [-0.15, -0.1) is 0 Å². The van der Waals surface area contributed by atoms with E-state index in [1.54, 1.807) is 0 Å². The molecule has 2 rings (SSSR count). The Labute approximate surface area is 134 Å². The minimum Gasteiger partial charge on any atom is -0.356 e. The summed E-state index contributed by atoms with van der Waals surface area (Å²) in [6.45, 7) is 2.84. The maximum Gasteiger partial charge on any atom is 0.244 e. The van der Waals surface area contributed by atoms with Crippen molar-refractivity contribution in [1.82, 2.24) is 9.62 Å². The Kier molecular flexibility index (Phi) is 5.14.